The molecule has 5 N–H and O–H groups in total. The highest BCUT2D eigenvalue weighted by molar-refractivity contribution is 7.98. The Labute approximate surface area is 176 Å². The van der Waals surface area contributed by atoms with Crippen molar-refractivity contribution in [2.24, 2.45) is 11.7 Å². The number of nitrogens with one attached hydrogen (secondary N) is 2. The average Bonchev–Trinajstić information content (AvgIpc) is 3.12. The molecule has 1 heterocycles. The Kier molecular flexibility index (Phi) is 10.5. The fraction of sp³-hybridized carbons (Fsp3) is 0.789. The number of thioether (sulfide) groups is 1. The highest BCUT2D eigenvalue weighted by Gasteiger charge is 2.39. The number of aliphatic carboxylic acids is 1. The van der Waals surface area contributed by atoms with E-state index in [9.17, 15) is 24.3 Å². The normalized spacial score (nSPS) is 19.5. The number of rotatable bonds is 11. The van der Waals surface area contributed by atoms with Crippen LogP contribution in [-0.2, 0) is 19.2 Å². The number of hydrogen-bond donors (Lipinski definition) is 4. The van der Waals surface area contributed by atoms with Gasteiger partial charge in [0, 0.05) is 6.54 Å². The highest BCUT2D eigenvalue weighted by Crippen LogP contribution is 2.21. The van der Waals surface area contributed by atoms with Crippen LogP contribution < -0.4 is 16.4 Å². The van der Waals surface area contributed by atoms with Crippen LogP contribution in [0.2, 0.25) is 0 Å². The zero-order valence-corrected chi connectivity index (χ0v) is 18.5. The summed E-state index contributed by atoms with van der Waals surface area (Å²) in [7, 11) is 0. The van der Waals surface area contributed by atoms with Gasteiger partial charge in [-0.15, -0.1) is 0 Å². The van der Waals surface area contributed by atoms with Crippen LogP contribution >= 0.6 is 11.8 Å². The van der Waals surface area contributed by atoms with Gasteiger partial charge in [-0.25, -0.2) is 4.79 Å². The fourth-order valence-electron chi connectivity index (χ4n) is 3.26. The van der Waals surface area contributed by atoms with Gasteiger partial charge in [-0.1, -0.05) is 13.8 Å². The van der Waals surface area contributed by atoms with Gasteiger partial charge in [0.05, 0.1) is 6.04 Å². The first-order valence-electron chi connectivity index (χ1n) is 9.97. The molecule has 1 saturated heterocycles. The lowest BCUT2D eigenvalue weighted by molar-refractivity contribution is -0.145. The number of nitrogens with zero attached hydrogens (tertiary/aromatic N) is 1. The van der Waals surface area contributed by atoms with E-state index in [2.05, 4.69) is 10.6 Å². The molecule has 0 aliphatic carbocycles. The Morgan fingerprint density at radius 2 is 1.83 bits per heavy atom. The maximum absolute atomic E-state index is 13.1. The van der Waals surface area contributed by atoms with Crippen molar-refractivity contribution in [2.75, 3.05) is 18.6 Å². The van der Waals surface area contributed by atoms with Crippen molar-refractivity contribution in [3.8, 4) is 0 Å². The van der Waals surface area contributed by atoms with Crippen molar-refractivity contribution in [1.82, 2.24) is 15.5 Å². The number of carboxylic acid groups (broad SMARTS) is 1. The van der Waals surface area contributed by atoms with E-state index in [1.165, 1.54) is 16.7 Å². The van der Waals surface area contributed by atoms with E-state index in [-0.39, 0.29) is 11.8 Å². The van der Waals surface area contributed by atoms with Crippen molar-refractivity contribution < 1.29 is 24.3 Å². The van der Waals surface area contributed by atoms with Crippen LogP contribution in [-0.4, -0.2) is 76.4 Å². The lowest BCUT2D eigenvalue weighted by Crippen LogP contribution is -2.56. The first-order chi connectivity index (χ1) is 13.6. The summed E-state index contributed by atoms with van der Waals surface area (Å²) in [6.07, 6.45) is 3.70. The van der Waals surface area contributed by atoms with Crippen LogP contribution in [0.25, 0.3) is 0 Å². The minimum Gasteiger partial charge on any atom is -0.480 e. The summed E-state index contributed by atoms with van der Waals surface area (Å²) in [5, 5.41) is 14.6. The second-order valence-electron chi connectivity index (χ2n) is 7.85. The largest absolute Gasteiger partial charge is 0.480 e. The summed E-state index contributed by atoms with van der Waals surface area (Å²) in [5.41, 5.74) is 5.61. The molecule has 29 heavy (non-hydrogen) atoms. The minimum atomic E-state index is -1.09. The lowest BCUT2D eigenvalue weighted by atomic mass is 10.0. The number of carbonyl (C=O) groups is 4. The molecule has 1 aliphatic rings. The van der Waals surface area contributed by atoms with Gasteiger partial charge in [0.25, 0.3) is 0 Å². The molecule has 1 aliphatic heterocycles. The molecule has 1 fully saturated rings. The predicted molar refractivity (Wildman–Crippen MR) is 112 cm³/mol. The summed E-state index contributed by atoms with van der Waals surface area (Å²) < 4.78 is 0. The van der Waals surface area contributed by atoms with Gasteiger partial charge >= 0.3 is 5.97 Å². The number of likely N-dealkylation sites (tertiary alicyclic amines) is 1. The monoisotopic (exact) mass is 430 g/mol. The third kappa shape index (κ3) is 7.85. The Morgan fingerprint density at radius 1 is 1.17 bits per heavy atom. The smallest absolute Gasteiger partial charge is 0.326 e. The van der Waals surface area contributed by atoms with Crippen LogP contribution in [0, 0.1) is 5.92 Å². The van der Waals surface area contributed by atoms with Crippen molar-refractivity contribution in [1.29, 1.82) is 0 Å². The van der Waals surface area contributed by atoms with E-state index in [1.54, 1.807) is 6.92 Å². The molecule has 9 nitrogen and oxygen atoms in total. The van der Waals surface area contributed by atoms with Gasteiger partial charge in [-0.2, -0.15) is 11.8 Å². The molecule has 0 aromatic carbocycles. The minimum absolute atomic E-state index is 0.148. The molecule has 10 heteroatoms. The van der Waals surface area contributed by atoms with E-state index in [0.717, 1.165) is 0 Å². The second-order valence-corrected chi connectivity index (χ2v) is 8.84. The highest BCUT2D eigenvalue weighted by atomic mass is 32.2. The number of nitrogens with two attached hydrogens (primary N) is 1. The molecule has 0 unspecified atom stereocenters. The van der Waals surface area contributed by atoms with Gasteiger partial charge in [-0.3, -0.25) is 14.4 Å². The summed E-state index contributed by atoms with van der Waals surface area (Å²) in [4.78, 5) is 50.8. The van der Waals surface area contributed by atoms with E-state index in [0.29, 0.717) is 38.0 Å². The quantitative estimate of drug-likeness (QED) is 0.366. The molecule has 3 amide bonds. The Balaban J connectivity index is 2.90. The first kappa shape index (κ1) is 25.2. The van der Waals surface area contributed by atoms with Gasteiger partial charge in [-0.05, 0) is 50.5 Å². The number of amides is 3. The Bertz CT molecular complexity index is 599. The van der Waals surface area contributed by atoms with Gasteiger partial charge in [0.1, 0.15) is 18.1 Å². The predicted octanol–water partition coefficient (Wildman–Crippen LogP) is 0.178. The SMILES string of the molecule is CSCC[C@H](NC(=O)[C@@H]1CCCN1C(=O)[C@H](CC(C)C)NC(=O)[C@H](C)N)C(=O)O. The van der Waals surface area contributed by atoms with Gasteiger partial charge < -0.3 is 26.4 Å². The van der Waals surface area contributed by atoms with Crippen LogP contribution in [0.4, 0.5) is 0 Å². The molecule has 0 bridgehead atoms. The number of hydrogen-bond acceptors (Lipinski definition) is 6. The topological polar surface area (TPSA) is 142 Å². The van der Waals surface area contributed by atoms with E-state index >= 15 is 0 Å². The Hall–Kier alpha value is -1.81. The summed E-state index contributed by atoms with van der Waals surface area (Å²) in [6.45, 7) is 5.81. The standard InChI is InChI=1S/C19H34N4O5S/c1-11(2)10-14(22-16(24)12(3)20)18(26)23-8-5-6-15(23)17(25)21-13(19(27)28)7-9-29-4/h11-15H,5-10,20H2,1-4H3,(H,21,25)(H,22,24)(H,27,28)/t12-,13-,14-,15-/m0/s1. The number of carbonyl (C=O) groups excluding carboxylic acids is 3. The third-order valence-electron chi connectivity index (χ3n) is 4.80. The zero-order chi connectivity index (χ0) is 22.1. The van der Waals surface area contributed by atoms with Crippen LogP contribution in [0.1, 0.15) is 46.5 Å². The van der Waals surface area contributed by atoms with Crippen LogP contribution in [0.5, 0.6) is 0 Å². The summed E-state index contributed by atoms with van der Waals surface area (Å²) >= 11 is 1.50. The maximum atomic E-state index is 13.1. The molecule has 0 saturated carbocycles. The van der Waals surface area contributed by atoms with E-state index < -0.39 is 42.0 Å². The summed E-state index contributed by atoms with van der Waals surface area (Å²) in [5.74, 6) is -1.57. The van der Waals surface area contributed by atoms with Crippen LogP contribution in [0.15, 0.2) is 0 Å². The van der Waals surface area contributed by atoms with Gasteiger partial charge in [0.2, 0.25) is 17.7 Å². The van der Waals surface area contributed by atoms with Crippen molar-refractivity contribution in [3.63, 3.8) is 0 Å². The molecular weight excluding hydrogens is 396 g/mol. The molecule has 4 atom stereocenters. The fourth-order valence-corrected chi connectivity index (χ4v) is 3.73. The van der Waals surface area contributed by atoms with E-state index in [1.807, 2.05) is 20.1 Å². The molecular formula is C19H34N4O5S. The molecule has 1 rings (SSSR count). The number of carboxylic acids is 1. The molecule has 0 aromatic rings. The first-order valence-corrected chi connectivity index (χ1v) is 11.4. The summed E-state index contributed by atoms with van der Waals surface area (Å²) in [6, 6.07) is -3.24. The molecule has 0 aromatic heterocycles. The molecule has 166 valence electrons. The third-order valence-corrected chi connectivity index (χ3v) is 5.44. The van der Waals surface area contributed by atoms with Gasteiger partial charge in [0.15, 0.2) is 0 Å². The molecule has 0 spiro atoms. The second kappa shape index (κ2) is 12.0. The van der Waals surface area contributed by atoms with Crippen molar-refractivity contribution >= 4 is 35.5 Å². The maximum Gasteiger partial charge on any atom is 0.326 e. The lowest BCUT2D eigenvalue weighted by Gasteiger charge is -2.30. The van der Waals surface area contributed by atoms with Crippen molar-refractivity contribution in [3.05, 3.63) is 0 Å². The zero-order valence-electron chi connectivity index (χ0n) is 17.6. The van der Waals surface area contributed by atoms with E-state index in [4.69, 9.17) is 5.73 Å². The average molecular weight is 431 g/mol. The Morgan fingerprint density at radius 3 is 2.34 bits per heavy atom. The molecule has 0 radical (unpaired) electrons. The van der Waals surface area contributed by atoms with Crippen LogP contribution in [0.3, 0.4) is 0 Å². The van der Waals surface area contributed by atoms with Crippen molar-refractivity contribution in [2.45, 2.75) is 70.6 Å².